The van der Waals surface area contributed by atoms with E-state index < -0.39 is 5.97 Å². The minimum Gasteiger partial charge on any atom is -0.504 e. The highest BCUT2D eigenvalue weighted by atomic mass is 127. The SMILES string of the molecule is COc1cc(/C=C(\Sc2nnc(C)o2)C(=O)O)cc(I)c1O. The van der Waals surface area contributed by atoms with E-state index >= 15 is 0 Å². The first-order valence-corrected chi connectivity index (χ1v) is 7.79. The Morgan fingerprint density at radius 3 is 2.73 bits per heavy atom. The largest absolute Gasteiger partial charge is 0.504 e. The Kier molecular flexibility index (Phi) is 5.29. The van der Waals surface area contributed by atoms with Crippen molar-refractivity contribution in [2.45, 2.75) is 12.1 Å². The van der Waals surface area contributed by atoms with Crippen LogP contribution in [0.4, 0.5) is 0 Å². The third-order valence-corrected chi connectivity index (χ3v) is 4.16. The fourth-order valence-corrected chi connectivity index (χ4v) is 2.87. The van der Waals surface area contributed by atoms with Crippen molar-refractivity contribution in [2.75, 3.05) is 7.11 Å². The molecule has 0 radical (unpaired) electrons. The van der Waals surface area contributed by atoms with E-state index in [9.17, 15) is 15.0 Å². The molecular formula is C13H11IN2O5S. The molecule has 0 saturated carbocycles. The minimum absolute atomic E-state index is 0.00666. The summed E-state index contributed by atoms with van der Waals surface area (Å²) in [6, 6.07) is 3.18. The van der Waals surface area contributed by atoms with E-state index in [4.69, 9.17) is 9.15 Å². The van der Waals surface area contributed by atoms with Gasteiger partial charge in [-0.2, -0.15) is 0 Å². The molecule has 22 heavy (non-hydrogen) atoms. The summed E-state index contributed by atoms with van der Waals surface area (Å²) < 4.78 is 10.8. The van der Waals surface area contributed by atoms with Crippen LogP contribution in [-0.4, -0.2) is 33.5 Å². The first-order valence-electron chi connectivity index (χ1n) is 5.90. The molecule has 0 bridgehead atoms. The average Bonchev–Trinajstić information content (AvgIpc) is 2.87. The van der Waals surface area contributed by atoms with Crippen molar-refractivity contribution >= 4 is 46.4 Å². The molecule has 7 nitrogen and oxygen atoms in total. The quantitative estimate of drug-likeness (QED) is 0.421. The smallest absolute Gasteiger partial charge is 0.342 e. The van der Waals surface area contributed by atoms with Gasteiger partial charge in [0.2, 0.25) is 5.89 Å². The van der Waals surface area contributed by atoms with E-state index in [1.807, 2.05) is 22.6 Å². The number of benzene rings is 1. The van der Waals surface area contributed by atoms with Gasteiger partial charge in [0.25, 0.3) is 5.22 Å². The molecule has 0 aliphatic carbocycles. The summed E-state index contributed by atoms with van der Waals surface area (Å²) in [5.41, 5.74) is 0.570. The fraction of sp³-hybridized carbons (Fsp3) is 0.154. The van der Waals surface area contributed by atoms with Crippen LogP contribution in [0.1, 0.15) is 11.5 Å². The van der Waals surface area contributed by atoms with Crippen molar-refractivity contribution in [1.29, 1.82) is 0 Å². The zero-order valence-electron chi connectivity index (χ0n) is 11.5. The van der Waals surface area contributed by atoms with Crippen molar-refractivity contribution in [1.82, 2.24) is 10.2 Å². The number of methoxy groups -OCH3 is 1. The number of ether oxygens (including phenoxy) is 1. The van der Waals surface area contributed by atoms with Gasteiger partial charge in [0, 0.05) is 6.92 Å². The summed E-state index contributed by atoms with van der Waals surface area (Å²) >= 11 is 2.79. The molecule has 0 fully saturated rings. The molecule has 2 N–H and O–H groups in total. The molecular weight excluding hydrogens is 423 g/mol. The number of phenolic OH excluding ortho intramolecular Hbond substituents is 1. The lowest BCUT2D eigenvalue weighted by molar-refractivity contribution is -0.131. The van der Waals surface area contributed by atoms with Gasteiger partial charge < -0.3 is 19.4 Å². The number of hydrogen-bond acceptors (Lipinski definition) is 7. The Labute approximate surface area is 143 Å². The van der Waals surface area contributed by atoms with E-state index in [2.05, 4.69) is 10.2 Å². The van der Waals surface area contributed by atoms with E-state index in [1.165, 1.54) is 13.2 Å². The number of phenols is 1. The summed E-state index contributed by atoms with van der Waals surface area (Å²) in [6.07, 6.45) is 1.44. The lowest BCUT2D eigenvalue weighted by atomic mass is 10.2. The minimum atomic E-state index is -1.12. The molecule has 0 unspecified atom stereocenters. The molecule has 1 aromatic carbocycles. The summed E-state index contributed by atoms with van der Waals surface area (Å²) in [4.78, 5) is 11.4. The maximum absolute atomic E-state index is 11.4. The molecule has 116 valence electrons. The van der Waals surface area contributed by atoms with Crippen LogP contribution in [0.25, 0.3) is 6.08 Å². The molecule has 2 aromatic rings. The van der Waals surface area contributed by atoms with Gasteiger partial charge in [0.05, 0.1) is 10.7 Å². The highest BCUT2D eigenvalue weighted by Crippen LogP contribution is 2.34. The molecule has 0 atom stereocenters. The Morgan fingerprint density at radius 1 is 1.45 bits per heavy atom. The third kappa shape index (κ3) is 3.91. The van der Waals surface area contributed by atoms with Gasteiger partial charge in [-0.15, -0.1) is 10.2 Å². The zero-order valence-corrected chi connectivity index (χ0v) is 14.5. The van der Waals surface area contributed by atoms with Gasteiger partial charge in [0.15, 0.2) is 11.5 Å². The summed E-state index contributed by atoms with van der Waals surface area (Å²) in [5, 5.41) is 26.6. The van der Waals surface area contributed by atoms with Crippen molar-refractivity contribution in [3.8, 4) is 11.5 Å². The van der Waals surface area contributed by atoms with Crippen LogP contribution < -0.4 is 4.74 Å². The second-order valence-corrected chi connectivity index (χ2v) is 6.21. The number of hydrogen-bond donors (Lipinski definition) is 2. The van der Waals surface area contributed by atoms with Gasteiger partial charge in [-0.1, -0.05) is 0 Å². The Morgan fingerprint density at radius 2 is 2.18 bits per heavy atom. The Bertz CT molecular complexity index is 744. The number of aryl methyl sites for hydroxylation is 1. The summed E-state index contributed by atoms with van der Waals surface area (Å²) in [6.45, 7) is 1.62. The number of rotatable bonds is 5. The second-order valence-electron chi connectivity index (χ2n) is 4.06. The molecule has 1 aromatic heterocycles. The van der Waals surface area contributed by atoms with E-state index in [0.717, 1.165) is 11.8 Å². The number of thioether (sulfide) groups is 1. The lowest BCUT2D eigenvalue weighted by Gasteiger charge is -2.07. The highest BCUT2D eigenvalue weighted by Gasteiger charge is 2.15. The van der Waals surface area contributed by atoms with Crippen LogP contribution in [0.5, 0.6) is 11.5 Å². The molecule has 0 amide bonds. The van der Waals surface area contributed by atoms with Crippen LogP contribution in [0.3, 0.4) is 0 Å². The van der Waals surface area contributed by atoms with Gasteiger partial charge in [-0.3, -0.25) is 0 Å². The number of nitrogens with zero attached hydrogens (tertiary/aromatic N) is 2. The maximum Gasteiger partial charge on any atom is 0.342 e. The molecule has 0 spiro atoms. The van der Waals surface area contributed by atoms with Gasteiger partial charge in [0.1, 0.15) is 4.91 Å². The first-order chi connectivity index (χ1) is 10.4. The first kappa shape index (κ1) is 16.6. The lowest BCUT2D eigenvalue weighted by Crippen LogP contribution is -1.97. The van der Waals surface area contributed by atoms with Crippen molar-refractivity contribution < 1.29 is 24.2 Å². The van der Waals surface area contributed by atoms with Crippen LogP contribution >= 0.6 is 34.4 Å². The van der Waals surface area contributed by atoms with Gasteiger partial charge >= 0.3 is 5.97 Å². The molecule has 1 heterocycles. The van der Waals surface area contributed by atoms with E-state index in [0.29, 0.717) is 15.0 Å². The number of aliphatic carboxylic acids is 1. The highest BCUT2D eigenvalue weighted by molar-refractivity contribution is 14.1. The van der Waals surface area contributed by atoms with Gasteiger partial charge in [-0.05, 0) is 58.1 Å². The average molecular weight is 434 g/mol. The molecule has 0 aliphatic heterocycles. The van der Waals surface area contributed by atoms with Crippen molar-refractivity contribution in [3.05, 3.63) is 32.1 Å². The molecule has 2 rings (SSSR count). The molecule has 0 saturated heterocycles. The number of carboxylic acid groups (broad SMARTS) is 1. The normalized spacial score (nSPS) is 11.5. The van der Waals surface area contributed by atoms with Gasteiger partial charge in [-0.25, -0.2) is 4.79 Å². The fourth-order valence-electron chi connectivity index (χ4n) is 1.53. The third-order valence-electron chi connectivity index (χ3n) is 2.48. The Hall–Kier alpha value is -1.75. The Balaban J connectivity index is 2.38. The number of halogens is 1. The topological polar surface area (TPSA) is 106 Å². The maximum atomic E-state index is 11.4. The monoisotopic (exact) mass is 434 g/mol. The van der Waals surface area contributed by atoms with E-state index in [1.54, 1.807) is 19.1 Å². The van der Waals surface area contributed by atoms with Crippen LogP contribution in [0, 0.1) is 10.5 Å². The molecule has 0 aliphatic rings. The van der Waals surface area contributed by atoms with Crippen LogP contribution in [0.15, 0.2) is 26.7 Å². The summed E-state index contributed by atoms with van der Waals surface area (Å²) in [7, 11) is 1.42. The number of aromatic nitrogens is 2. The number of carboxylic acids is 1. The predicted octanol–water partition coefficient (Wildman–Crippen LogP) is 2.91. The van der Waals surface area contributed by atoms with Crippen molar-refractivity contribution in [2.24, 2.45) is 0 Å². The van der Waals surface area contributed by atoms with Crippen LogP contribution in [-0.2, 0) is 4.79 Å². The second kappa shape index (κ2) is 7.01. The number of aromatic hydroxyl groups is 1. The predicted molar refractivity (Wildman–Crippen MR) is 87.9 cm³/mol. The number of carbonyl (C=O) groups is 1. The van der Waals surface area contributed by atoms with E-state index in [-0.39, 0.29) is 21.6 Å². The molecule has 9 heteroatoms. The zero-order chi connectivity index (χ0) is 16.3. The van der Waals surface area contributed by atoms with Crippen LogP contribution in [0.2, 0.25) is 0 Å². The van der Waals surface area contributed by atoms with Crippen molar-refractivity contribution in [3.63, 3.8) is 0 Å². The summed E-state index contributed by atoms with van der Waals surface area (Å²) in [5.74, 6) is -0.491. The standard InChI is InChI=1S/C13H11IN2O5S/c1-6-15-16-13(21-6)22-10(12(18)19)5-7-3-8(14)11(17)9(4-7)20-2/h3-5,17H,1-2H3,(H,18,19)/b10-5-.